The first-order valence-corrected chi connectivity index (χ1v) is 11.6. The predicted molar refractivity (Wildman–Crippen MR) is 134 cm³/mol. The monoisotopic (exact) mass is 508 g/mol. The van der Waals surface area contributed by atoms with Crippen molar-refractivity contribution < 1.29 is 9.72 Å². The number of rotatable bonds is 6. The highest BCUT2D eigenvalue weighted by Crippen LogP contribution is 2.33. The van der Waals surface area contributed by atoms with E-state index in [-0.39, 0.29) is 22.6 Å². The number of carbonyl (C=O) groups excluding carboxylic acids is 1. The quantitative estimate of drug-likeness (QED) is 0.351. The van der Waals surface area contributed by atoms with Crippen LogP contribution in [0.4, 0.5) is 17.1 Å². The zero-order valence-corrected chi connectivity index (χ0v) is 19.9. The molecule has 1 heterocycles. The maximum absolute atomic E-state index is 12.9. The van der Waals surface area contributed by atoms with Gasteiger partial charge in [0.2, 0.25) is 0 Å². The summed E-state index contributed by atoms with van der Waals surface area (Å²) < 4.78 is 0.788. The summed E-state index contributed by atoms with van der Waals surface area (Å²) in [6.45, 7) is 4.46. The number of amides is 1. The van der Waals surface area contributed by atoms with Gasteiger partial charge in [0.15, 0.2) is 0 Å². The van der Waals surface area contributed by atoms with E-state index in [0.29, 0.717) is 37.4 Å². The lowest BCUT2D eigenvalue weighted by Gasteiger charge is -2.36. The number of hydrogen-bond acceptors (Lipinski definition) is 5. The molecule has 170 valence electrons. The van der Waals surface area contributed by atoms with Gasteiger partial charge in [0.05, 0.1) is 10.5 Å². The molecule has 0 radical (unpaired) electrons. The largest absolute Gasteiger partial charge is 0.373 e. The molecule has 0 bridgehead atoms. The molecule has 0 aromatic heterocycles. The van der Waals surface area contributed by atoms with Gasteiger partial charge in [-0.05, 0) is 52.7 Å². The van der Waals surface area contributed by atoms with Gasteiger partial charge >= 0.3 is 0 Å². The number of nitrogens with zero attached hydrogens (tertiary/aromatic N) is 3. The summed E-state index contributed by atoms with van der Waals surface area (Å²) in [5.74, 6) is 0.00451. The van der Waals surface area contributed by atoms with Gasteiger partial charge in [-0.15, -0.1) is 0 Å². The summed E-state index contributed by atoms with van der Waals surface area (Å²) >= 11 is 3.45. The lowest BCUT2D eigenvalue weighted by Crippen LogP contribution is -2.48. The van der Waals surface area contributed by atoms with Gasteiger partial charge in [0, 0.05) is 48.4 Å². The second-order valence-electron chi connectivity index (χ2n) is 7.99. The molecule has 1 aliphatic rings. The van der Waals surface area contributed by atoms with Gasteiger partial charge in [0.1, 0.15) is 5.69 Å². The fourth-order valence-electron chi connectivity index (χ4n) is 4.03. The fourth-order valence-corrected chi connectivity index (χ4v) is 4.48. The van der Waals surface area contributed by atoms with E-state index in [4.69, 9.17) is 0 Å². The van der Waals surface area contributed by atoms with E-state index in [2.05, 4.69) is 26.1 Å². The van der Waals surface area contributed by atoms with Gasteiger partial charge in [-0.25, -0.2) is 0 Å². The Morgan fingerprint density at radius 1 is 1.00 bits per heavy atom. The molecule has 4 rings (SSSR count). The Labute approximate surface area is 201 Å². The third kappa shape index (κ3) is 5.17. The average Bonchev–Trinajstić information content (AvgIpc) is 2.84. The third-order valence-electron chi connectivity index (χ3n) is 5.88. The lowest BCUT2D eigenvalue weighted by molar-refractivity contribution is -0.384. The van der Waals surface area contributed by atoms with E-state index in [0.717, 1.165) is 15.7 Å². The summed E-state index contributed by atoms with van der Waals surface area (Å²) in [6.07, 6.45) is 0. The molecular formula is C25H25BrN4O3. The summed E-state index contributed by atoms with van der Waals surface area (Å²) in [6, 6.07) is 22.3. The maximum Gasteiger partial charge on any atom is 0.292 e. The van der Waals surface area contributed by atoms with Crippen LogP contribution in [0.3, 0.4) is 0 Å². The maximum atomic E-state index is 12.9. The van der Waals surface area contributed by atoms with Gasteiger partial charge in [0.25, 0.3) is 11.6 Å². The van der Waals surface area contributed by atoms with Crippen LogP contribution in [0.15, 0.2) is 77.3 Å². The minimum absolute atomic E-state index is 0.00451. The second-order valence-corrected chi connectivity index (χ2v) is 8.85. The van der Waals surface area contributed by atoms with Crippen LogP contribution >= 0.6 is 15.9 Å². The molecular weight excluding hydrogens is 484 g/mol. The van der Waals surface area contributed by atoms with Crippen LogP contribution in [0.25, 0.3) is 0 Å². The molecule has 33 heavy (non-hydrogen) atoms. The first-order chi connectivity index (χ1) is 15.9. The van der Waals surface area contributed by atoms with Crippen molar-refractivity contribution in [3.05, 3.63) is 98.5 Å². The van der Waals surface area contributed by atoms with Crippen molar-refractivity contribution in [2.24, 2.45) is 0 Å². The van der Waals surface area contributed by atoms with Gasteiger partial charge in [-0.1, -0.05) is 42.5 Å². The molecule has 3 aromatic rings. The molecule has 1 saturated heterocycles. The highest BCUT2D eigenvalue weighted by Gasteiger charge is 2.25. The summed E-state index contributed by atoms with van der Waals surface area (Å²) in [5.41, 5.74) is 3.14. The molecule has 1 amide bonds. The minimum atomic E-state index is -0.363. The van der Waals surface area contributed by atoms with Crippen molar-refractivity contribution >= 4 is 38.9 Å². The van der Waals surface area contributed by atoms with Crippen LogP contribution in [-0.2, 0) is 0 Å². The Morgan fingerprint density at radius 3 is 2.33 bits per heavy atom. The van der Waals surface area contributed by atoms with Crippen molar-refractivity contribution in [3.8, 4) is 0 Å². The zero-order chi connectivity index (χ0) is 23.4. The Morgan fingerprint density at radius 2 is 1.67 bits per heavy atom. The molecule has 1 atom stereocenters. The van der Waals surface area contributed by atoms with Crippen LogP contribution in [0.2, 0.25) is 0 Å². The molecule has 0 unspecified atom stereocenters. The molecule has 1 fully saturated rings. The lowest BCUT2D eigenvalue weighted by atomic mass is 10.1. The molecule has 0 spiro atoms. The smallest absolute Gasteiger partial charge is 0.292 e. The van der Waals surface area contributed by atoms with Crippen LogP contribution in [0, 0.1) is 10.1 Å². The van der Waals surface area contributed by atoms with Gasteiger partial charge < -0.3 is 15.1 Å². The molecule has 1 aliphatic heterocycles. The number of benzene rings is 3. The molecule has 8 heteroatoms. The Kier molecular flexibility index (Phi) is 6.93. The van der Waals surface area contributed by atoms with E-state index in [1.165, 1.54) is 0 Å². The molecule has 3 aromatic carbocycles. The number of hydrogen-bond donors (Lipinski definition) is 1. The number of anilines is 2. The number of halogens is 1. The van der Waals surface area contributed by atoms with E-state index >= 15 is 0 Å². The van der Waals surface area contributed by atoms with Crippen LogP contribution < -0.4 is 10.2 Å². The third-order valence-corrected chi connectivity index (χ3v) is 6.58. The van der Waals surface area contributed by atoms with Gasteiger partial charge in [-0.2, -0.15) is 0 Å². The van der Waals surface area contributed by atoms with Crippen molar-refractivity contribution in [2.45, 2.75) is 13.0 Å². The SMILES string of the molecule is C[C@@H](Nc1cc(N2CCN(C(=O)c3ccccc3Br)CC2)ccc1[N+](=O)[O-])c1ccccc1. The Balaban J connectivity index is 1.48. The normalized spacial score (nSPS) is 14.6. The van der Waals surface area contributed by atoms with E-state index in [1.807, 2.05) is 72.5 Å². The summed E-state index contributed by atoms with van der Waals surface area (Å²) in [7, 11) is 0. The minimum Gasteiger partial charge on any atom is -0.373 e. The van der Waals surface area contributed by atoms with Crippen LogP contribution in [0.5, 0.6) is 0 Å². The topological polar surface area (TPSA) is 78.7 Å². The average molecular weight is 509 g/mol. The molecule has 7 nitrogen and oxygen atoms in total. The molecule has 0 aliphatic carbocycles. The highest BCUT2D eigenvalue weighted by atomic mass is 79.9. The van der Waals surface area contributed by atoms with Gasteiger partial charge in [-0.3, -0.25) is 14.9 Å². The first kappa shape index (κ1) is 22.8. The Hall–Kier alpha value is -3.39. The van der Waals surface area contributed by atoms with Crippen molar-refractivity contribution in [3.63, 3.8) is 0 Å². The standard InChI is InChI=1S/C25H25BrN4O3/c1-18(19-7-3-2-4-8-19)27-23-17-20(11-12-24(23)30(32)33)28-13-15-29(16-14-28)25(31)21-9-5-6-10-22(21)26/h2-12,17-18,27H,13-16H2,1H3/t18-/m1/s1. The molecule has 1 N–H and O–H groups in total. The van der Waals surface area contributed by atoms with Crippen molar-refractivity contribution in [1.82, 2.24) is 4.90 Å². The zero-order valence-electron chi connectivity index (χ0n) is 18.3. The number of nitro benzene ring substituents is 1. The van der Waals surface area contributed by atoms with E-state index in [1.54, 1.807) is 12.1 Å². The number of nitro groups is 1. The van der Waals surface area contributed by atoms with Crippen molar-refractivity contribution in [1.29, 1.82) is 0 Å². The van der Waals surface area contributed by atoms with E-state index in [9.17, 15) is 14.9 Å². The predicted octanol–water partition coefficient (Wildman–Crippen LogP) is 5.49. The summed E-state index contributed by atoms with van der Waals surface area (Å²) in [4.78, 5) is 28.1. The van der Waals surface area contributed by atoms with Crippen LogP contribution in [0.1, 0.15) is 28.9 Å². The van der Waals surface area contributed by atoms with Crippen molar-refractivity contribution in [2.75, 3.05) is 36.4 Å². The fraction of sp³-hybridized carbons (Fsp3) is 0.240. The first-order valence-electron chi connectivity index (χ1n) is 10.8. The number of carbonyl (C=O) groups is 1. The number of piperazine rings is 1. The van der Waals surface area contributed by atoms with E-state index < -0.39 is 0 Å². The number of nitrogens with one attached hydrogen (secondary N) is 1. The molecule has 0 saturated carbocycles. The summed E-state index contributed by atoms with van der Waals surface area (Å²) in [5, 5.41) is 14.9. The second kappa shape index (κ2) is 10.0. The van der Waals surface area contributed by atoms with Crippen LogP contribution in [-0.4, -0.2) is 41.9 Å². The Bertz CT molecular complexity index is 1150. The highest BCUT2D eigenvalue weighted by molar-refractivity contribution is 9.10.